The van der Waals surface area contributed by atoms with Crippen molar-refractivity contribution in [2.45, 2.75) is 57.6 Å². The number of rotatable bonds is 14. The minimum atomic E-state index is -3.82. The number of aliphatic hydroxyl groups excluding tert-OH is 1. The minimum Gasteiger partial charge on any atom is -0.392 e. The molecule has 10 heteroatoms. The van der Waals surface area contributed by atoms with Crippen LogP contribution in [0.1, 0.15) is 43.3 Å². The Labute approximate surface area is 242 Å². The third-order valence-corrected chi connectivity index (χ3v) is 8.76. The van der Waals surface area contributed by atoms with E-state index in [2.05, 4.69) is 23.5 Å². The highest BCUT2D eigenvalue weighted by molar-refractivity contribution is 7.92. The van der Waals surface area contributed by atoms with Gasteiger partial charge in [-0.2, -0.15) is 0 Å². The van der Waals surface area contributed by atoms with Gasteiger partial charge in [-0.25, -0.2) is 13.4 Å². The molecule has 0 amide bonds. The third kappa shape index (κ3) is 7.52. The van der Waals surface area contributed by atoms with Gasteiger partial charge in [-0.3, -0.25) is 10.1 Å². The van der Waals surface area contributed by atoms with Gasteiger partial charge < -0.3 is 20.3 Å². The van der Waals surface area contributed by atoms with E-state index in [9.17, 15) is 13.5 Å². The fourth-order valence-electron chi connectivity index (χ4n) is 5.01. The number of likely N-dealkylation sites (N-methyl/N-ethyl adjacent to an activating group) is 1. The number of fused-ring (bicyclic) bond motifs is 1. The van der Waals surface area contributed by atoms with Crippen LogP contribution in [-0.2, 0) is 35.8 Å². The van der Waals surface area contributed by atoms with Gasteiger partial charge in [0.05, 0.1) is 34.3 Å². The van der Waals surface area contributed by atoms with Crippen LogP contribution in [0.5, 0.6) is 0 Å². The van der Waals surface area contributed by atoms with Gasteiger partial charge in [-0.05, 0) is 68.2 Å². The van der Waals surface area contributed by atoms with E-state index < -0.39 is 16.1 Å². The molecule has 4 aromatic rings. The topological polar surface area (TPSA) is 137 Å². The number of aryl methyl sites for hydroxylation is 2. The van der Waals surface area contributed by atoms with Gasteiger partial charge in [0.2, 0.25) is 0 Å². The van der Waals surface area contributed by atoms with E-state index in [0.717, 1.165) is 42.1 Å². The van der Waals surface area contributed by atoms with E-state index >= 15 is 0 Å². The van der Waals surface area contributed by atoms with Gasteiger partial charge in [-0.1, -0.05) is 56.3 Å². The molecule has 0 bridgehead atoms. The van der Waals surface area contributed by atoms with Crippen LogP contribution in [-0.4, -0.2) is 59.5 Å². The summed E-state index contributed by atoms with van der Waals surface area (Å²) in [6, 6.07) is 20.0. The van der Waals surface area contributed by atoms with Crippen molar-refractivity contribution in [3.63, 3.8) is 0 Å². The standard InChI is InChI=1S/C31H40N6O3S/c1-4-36(5-2)19-18-24-8-6-7-9-29(24)41(39,40)35-26-15-16-28-27(20-26)34-30(37(28)21-22(3)38)17-12-23-10-13-25(14-11-23)31(32)33/h6-11,13-16,20,22,35,38H,4-5,12,17-19,21H2,1-3H3,(H3,32,33). The molecule has 9 nitrogen and oxygen atoms in total. The van der Waals surface area contributed by atoms with Crippen molar-refractivity contribution in [3.8, 4) is 0 Å². The summed E-state index contributed by atoms with van der Waals surface area (Å²) in [6.45, 7) is 8.93. The van der Waals surface area contributed by atoms with Gasteiger partial charge in [0, 0.05) is 18.5 Å². The van der Waals surface area contributed by atoms with E-state index in [1.807, 2.05) is 47.0 Å². The summed E-state index contributed by atoms with van der Waals surface area (Å²) in [5.74, 6) is 0.836. The van der Waals surface area contributed by atoms with Gasteiger partial charge in [0.15, 0.2) is 0 Å². The smallest absolute Gasteiger partial charge is 0.262 e. The number of aliphatic hydroxyl groups is 1. The average Bonchev–Trinajstić information content (AvgIpc) is 3.28. The van der Waals surface area contributed by atoms with Crippen LogP contribution >= 0.6 is 0 Å². The number of nitrogens with zero attached hydrogens (tertiary/aromatic N) is 3. The number of nitrogens with two attached hydrogens (primary N) is 1. The van der Waals surface area contributed by atoms with Gasteiger partial charge in [-0.15, -0.1) is 0 Å². The lowest BCUT2D eigenvalue weighted by Gasteiger charge is -2.19. The fourth-order valence-corrected chi connectivity index (χ4v) is 6.33. The predicted octanol–water partition coefficient (Wildman–Crippen LogP) is 4.17. The van der Waals surface area contributed by atoms with Crippen molar-refractivity contribution >= 4 is 32.6 Å². The van der Waals surface area contributed by atoms with Crippen molar-refractivity contribution in [2.24, 2.45) is 5.73 Å². The van der Waals surface area contributed by atoms with E-state index in [0.29, 0.717) is 42.6 Å². The zero-order valence-electron chi connectivity index (χ0n) is 24.0. The first-order chi connectivity index (χ1) is 19.6. The maximum absolute atomic E-state index is 13.5. The SMILES string of the molecule is CCN(CC)CCc1ccccc1S(=O)(=O)Nc1ccc2c(c1)nc(CCc1ccc(C(=N)N)cc1)n2CC(C)O. The van der Waals surface area contributed by atoms with E-state index in [4.69, 9.17) is 16.1 Å². The number of hydrogen-bond donors (Lipinski definition) is 4. The summed E-state index contributed by atoms with van der Waals surface area (Å²) in [6.07, 6.45) is 1.40. The lowest BCUT2D eigenvalue weighted by Crippen LogP contribution is -2.26. The van der Waals surface area contributed by atoms with E-state index in [1.54, 1.807) is 31.2 Å². The second-order valence-corrected chi connectivity index (χ2v) is 11.9. The summed E-state index contributed by atoms with van der Waals surface area (Å²) in [5.41, 5.74) is 10.0. The lowest BCUT2D eigenvalue weighted by molar-refractivity contribution is 0.174. The predicted molar refractivity (Wildman–Crippen MR) is 165 cm³/mol. The van der Waals surface area contributed by atoms with Crippen molar-refractivity contribution < 1.29 is 13.5 Å². The van der Waals surface area contributed by atoms with Crippen molar-refractivity contribution in [2.75, 3.05) is 24.4 Å². The molecule has 1 unspecified atom stereocenters. The number of imidazole rings is 1. The van der Waals surface area contributed by atoms with Crippen LogP contribution in [0.3, 0.4) is 0 Å². The lowest BCUT2D eigenvalue weighted by atomic mass is 10.1. The molecule has 218 valence electrons. The highest BCUT2D eigenvalue weighted by Crippen LogP contribution is 2.25. The van der Waals surface area contributed by atoms with Crippen molar-refractivity contribution in [1.29, 1.82) is 5.41 Å². The zero-order valence-corrected chi connectivity index (χ0v) is 24.8. The molecular formula is C31H40N6O3S. The molecular weight excluding hydrogens is 536 g/mol. The number of nitrogen functional groups attached to an aromatic ring is 1. The Morgan fingerprint density at radius 1 is 1.05 bits per heavy atom. The number of benzene rings is 3. The Morgan fingerprint density at radius 3 is 2.41 bits per heavy atom. The second-order valence-electron chi connectivity index (χ2n) is 10.3. The summed E-state index contributed by atoms with van der Waals surface area (Å²) in [7, 11) is -3.82. The Morgan fingerprint density at radius 2 is 1.76 bits per heavy atom. The van der Waals surface area contributed by atoms with Crippen LogP contribution in [0, 0.1) is 5.41 Å². The van der Waals surface area contributed by atoms with Crippen LogP contribution in [0.2, 0.25) is 0 Å². The zero-order chi connectivity index (χ0) is 29.6. The average molecular weight is 577 g/mol. The molecule has 0 radical (unpaired) electrons. The highest BCUT2D eigenvalue weighted by atomic mass is 32.2. The molecule has 4 rings (SSSR count). The Kier molecular flexibility index (Phi) is 9.80. The number of aromatic nitrogens is 2. The molecule has 5 N–H and O–H groups in total. The number of anilines is 1. The molecule has 0 fully saturated rings. The molecule has 1 aromatic heterocycles. The molecule has 1 atom stereocenters. The molecule has 3 aromatic carbocycles. The summed E-state index contributed by atoms with van der Waals surface area (Å²) in [5, 5.41) is 17.7. The fraction of sp³-hybridized carbons (Fsp3) is 0.355. The quantitative estimate of drug-likeness (QED) is 0.131. The number of nitrogens with one attached hydrogen (secondary N) is 2. The van der Waals surface area contributed by atoms with E-state index in [1.165, 1.54) is 0 Å². The largest absolute Gasteiger partial charge is 0.392 e. The maximum atomic E-state index is 13.5. The Hall–Kier alpha value is -3.73. The van der Waals surface area contributed by atoms with Crippen molar-refractivity contribution in [3.05, 3.63) is 89.2 Å². The number of amidine groups is 1. The van der Waals surface area contributed by atoms with Gasteiger partial charge >= 0.3 is 0 Å². The third-order valence-electron chi connectivity index (χ3n) is 7.28. The Balaban J connectivity index is 1.58. The molecule has 0 aliphatic carbocycles. The molecule has 0 saturated carbocycles. The molecule has 0 aliphatic rings. The van der Waals surface area contributed by atoms with E-state index in [-0.39, 0.29) is 10.7 Å². The number of hydrogen-bond acceptors (Lipinski definition) is 6. The first kappa shape index (κ1) is 30.2. The molecule has 0 spiro atoms. The number of sulfonamides is 1. The minimum absolute atomic E-state index is 0.0322. The van der Waals surface area contributed by atoms with Gasteiger partial charge in [0.25, 0.3) is 10.0 Å². The van der Waals surface area contributed by atoms with Crippen LogP contribution in [0.15, 0.2) is 71.6 Å². The summed E-state index contributed by atoms with van der Waals surface area (Å²) in [4.78, 5) is 7.38. The normalized spacial score (nSPS) is 12.6. The van der Waals surface area contributed by atoms with Crippen molar-refractivity contribution in [1.82, 2.24) is 14.5 Å². The maximum Gasteiger partial charge on any atom is 0.262 e. The highest BCUT2D eigenvalue weighted by Gasteiger charge is 2.20. The second kappa shape index (κ2) is 13.3. The molecule has 0 saturated heterocycles. The summed E-state index contributed by atoms with van der Waals surface area (Å²) >= 11 is 0. The molecule has 41 heavy (non-hydrogen) atoms. The van der Waals surface area contributed by atoms with Gasteiger partial charge in [0.1, 0.15) is 11.7 Å². The van der Waals surface area contributed by atoms with Crippen LogP contribution in [0.25, 0.3) is 11.0 Å². The molecule has 1 heterocycles. The first-order valence-electron chi connectivity index (χ1n) is 14.0. The van der Waals surface area contributed by atoms with Crippen LogP contribution in [0.4, 0.5) is 5.69 Å². The first-order valence-corrected chi connectivity index (χ1v) is 15.5. The van der Waals surface area contributed by atoms with Crippen LogP contribution < -0.4 is 10.5 Å². The Bertz CT molecular complexity index is 1590. The monoisotopic (exact) mass is 576 g/mol. The summed E-state index contributed by atoms with van der Waals surface area (Å²) < 4.78 is 31.7. The molecule has 0 aliphatic heterocycles.